The normalized spacial score (nSPS) is 12.1. The summed E-state index contributed by atoms with van der Waals surface area (Å²) in [5, 5.41) is 4.45. The van der Waals surface area contributed by atoms with E-state index in [1.165, 1.54) is 17.3 Å². The molecule has 0 atom stereocenters. The van der Waals surface area contributed by atoms with Crippen LogP contribution in [0.15, 0.2) is 0 Å². The van der Waals surface area contributed by atoms with Crippen molar-refractivity contribution in [1.82, 2.24) is 9.78 Å². The number of hydrogen-bond donors (Lipinski definition) is 0. The molecule has 0 saturated carbocycles. The van der Waals surface area contributed by atoms with Crippen molar-refractivity contribution in [2.24, 2.45) is 0 Å². The lowest BCUT2D eigenvalue weighted by Crippen LogP contribution is -2.22. The highest BCUT2D eigenvalue weighted by Gasteiger charge is 2.12. The first-order valence-electron chi connectivity index (χ1n) is 5.89. The third-order valence-corrected chi connectivity index (χ3v) is 4.66. The molecule has 1 aromatic rings. The Labute approximate surface area is 99.8 Å². The fourth-order valence-electron chi connectivity index (χ4n) is 1.44. The average molecular weight is 240 g/mol. The standard InChI is InChI=1S/C12H24N2OSi/c1-10-11(2)13-14(12(10)3)9-15-7-8-16(4,5)6/h7-9H2,1-6H3. The van der Waals surface area contributed by atoms with E-state index in [1.54, 1.807) is 0 Å². The van der Waals surface area contributed by atoms with E-state index in [0.717, 1.165) is 12.3 Å². The van der Waals surface area contributed by atoms with Gasteiger partial charge >= 0.3 is 0 Å². The second-order valence-electron chi connectivity index (χ2n) is 5.64. The van der Waals surface area contributed by atoms with Crippen molar-refractivity contribution in [3.8, 4) is 0 Å². The van der Waals surface area contributed by atoms with Gasteiger partial charge in [0.25, 0.3) is 0 Å². The van der Waals surface area contributed by atoms with Gasteiger partial charge in [-0.3, -0.25) is 0 Å². The fraction of sp³-hybridized carbons (Fsp3) is 0.750. The van der Waals surface area contributed by atoms with Gasteiger partial charge in [0.2, 0.25) is 0 Å². The van der Waals surface area contributed by atoms with E-state index in [2.05, 4.69) is 38.6 Å². The van der Waals surface area contributed by atoms with Gasteiger partial charge in [0.05, 0.1) is 5.69 Å². The lowest BCUT2D eigenvalue weighted by atomic mass is 10.2. The lowest BCUT2D eigenvalue weighted by Gasteiger charge is -2.15. The van der Waals surface area contributed by atoms with E-state index in [4.69, 9.17) is 4.74 Å². The Balaban J connectivity index is 2.41. The summed E-state index contributed by atoms with van der Waals surface area (Å²) in [4.78, 5) is 0. The van der Waals surface area contributed by atoms with Crippen LogP contribution in [-0.2, 0) is 11.5 Å². The fourth-order valence-corrected chi connectivity index (χ4v) is 2.20. The Kier molecular flexibility index (Phi) is 4.33. The summed E-state index contributed by atoms with van der Waals surface area (Å²) in [6.45, 7) is 14.8. The van der Waals surface area contributed by atoms with Crippen LogP contribution in [-0.4, -0.2) is 24.5 Å². The van der Waals surface area contributed by atoms with Gasteiger partial charge in [-0.2, -0.15) is 5.10 Å². The monoisotopic (exact) mass is 240 g/mol. The first kappa shape index (κ1) is 13.5. The topological polar surface area (TPSA) is 27.1 Å². The third-order valence-electron chi connectivity index (χ3n) is 2.95. The Morgan fingerprint density at radius 3 is 2.25 bits per heavy atom. The van der Waals surface area contributed by atoms with Crippen molar-refractivity contribution < 1.29 is 4.74 Å². The summed E-state index contributed by atoms with van der Waals surface area (Å²) in [5.41, 5.74) is 3.59. The molecule has 0 bridgehead atoms. The number of aryl methyl sites for hydroxylation is 1. The highest BCUT2D eigenvalue weighted by atomic mass is 28.3. The molecule has 0 radical (unpaired) electrons. The molecule has 16 heavy (non-hydrogen) atoms. The molecule has 0 aliphatic heterocycles. The SMILES string of the molecule is Cc1nn(COCC[Si](C)(C)C)c(C)c1C. The van der Waals surface area contributed by atoms with Gasteiger partial charge in [-0.05, 0) is 32.4 Å². The molecule has 0 spiro atoms. The predicted molar refractivity (Wildman–Crippen MR) is 70.5 cm³/mol. The van der Waals surface area contributed by atoms with Crippen molar-refractivity contribution in [2.45, 2.75) is 53.2 Å². The molecule has 0 saturated heterocycles. The van der Waals surface area contributed by atoms with Crippen molar-refractivity contribution in [2.75, 3.05) is 6.61 Å². The Morgan fingerprint density at radius 1 is 1.19 bits per heavy atom. The summed E-state index contributed by atoms with van der Waals surface area (Å²) in [6.07, 6.45) is 0. The van der Waals surface area contributed by atoms with Crippen LogP contribution in [0.5, 0.6) is 0 Å². The van der Waals surface area contributed by atoms with Crippen LogP contribution < -0.4 is 0 Å². The summed E-state index contributed by atoms with van der Waals surface area (Å²) in [7, 11) is -0.969. The van der Waals surface area contributed by atoms with Gasteiger partial charge in [-0.15, -0.1) is 0 Å². The van der Waals surface area contributed by atoms with Gasteiger partial charge in [0, 0.05) is 20.4 Å². The molecule has 1 heterocycles. The van der Waals surface area contributed by atoms with Crippen molar-refractivity contribution in [3.05, 3.63) is 17.0 Å². The molecular formula is C12H24N2OSi. The van der Waals surface area contributed by atoms with E-state index in [9.17, 15) is 0 Å². The van der Waals surface area contributed by atoms with E-state index in [1.807, 2.05) is 11.6 Å². The number of aromatic nitrogens is 2. The average Bonchev–Trinajstić information content (AvgIpc) is 2.40. The van der Waals surface area contributed by atoms with Gasteiger partial charge < -0.3 is 4.74 Å². The Bertz CT molecular complexity index is 353. The van der Waals surface area contributed by atoms with Crippen LogP contribution in [0.3, 0.4) is 0 Å². The molecule has 0 unspecified atom stereocenters. The second-order valence-corrected chi connectivity index (χ2v) is 11.3. The zero-order valence-corrected chi connectivity index (χ0v) is 12.4. The molecule has 0 fully saturated rings. The maximum Gasteiger partial charge on any atom is 0.139 e. The van der Waals surface area contributed by atoms with Crippen LogP contribution in [0, 0.1) is 20.8 Å². The molecule has 0 amide bonds. The second kappa shape index (κ2) is 5.14. The highest BCUT2D eigenvalue weighted by molar-refractivity contribution is 6.76. The summed E-state index contributed by atoms with van der Waals surface area (Å²) in [6, 6.07) is 1.21. The summed E-state index contributed by atoms with van der Waals surface area (Å²) in [5.74, 6) is 0. The molecule has 1 aromatic heterocycles. The van der Waals surface area contributed by atoms with Crippen molar-refractivity contribution in [3.63, 3.8) is 0 Å². The molecule has 0 aromatic carbocycles. The number of nitrogens with zero attached hydrogens (tertiary/aromatic N) is 2. The molecular weight excluding hydrogens is 216 g/mol. The largest absolute Gasteiger partial charge is 0.360 e. The Morgan fingerprint density at radius 2 is 1.81 bits per heavy atom. The lowest BCUT2D eigenvalue weighted by molar-refractivity contribution is 0.0769. The molecule has 1 rings (SSSR count). The van der Waals surface area contributed by atoms with Crippen molar-refractivity contribution in [1.29, 1.82) is 0 Å². The molecule has 4 heteroatoms. The van der Waals surface area contributed by atoms with Gasteiger partial charge in [-0.25, -0.2) is 4.68 Å². The zero-order valence-electron chi connectivity index (χ0n) is 11.4. The first-order valence-corrected chi connectivity index (χ1v) is 9.60. The van der Waals surface area contributed by atoms with Crippen LogP contribution in [0.25, 0.3) is 0 Å². The van der Waals surface area contributed by atoms with Gasteiger partial charge in [0.15, 0.2) is 0 Å². The minimum Gasteiger partial charge on any atom is -0.360 e. The maximum absolute atomic E-state index is 5.68. The summed E-state index contributed by atoms with van der Waals surface area (Å²) >= 11 is 0. The zero-order chi connectivity index (χ0) is 12.3. The smallest absolute Gasteiger partial charge is 0.139 e. The molecule has 0 N–H and O–H groups in total. The van der Waals surface area contributed by atoms with Crippen LogP contribution in [0.4, 0.5) is 0 Å². The number of hydrogen-bond acceptors (Lipinski definition) is 2. The quantitative estimate of drug-likeness (QED) is 0.584. The third kappa shape index (κ3) is 3.76. The van der Waals surface area contributed by atoms with E-state index < -0.39 is 8.07 Å². The van der Waals surface area contributed by atoms with Crippen LogP contribution in [0.2, 0.25) is 25.7 Å². The molecule has 92 valence electrons. The number of rotatable bonds is 5. The summed E-state index contributed by atoms with van der Waals surface area (Å²) < 4.78 is 7.63. The highest BCUT2D eigenvalue weighted by Crippen LogP contribution is 2.12. The van der Waals surface area contributed by atoms with Crippen molar-refractivity contribution >= 4 is 8.07 Å². The molecule has 0 aliphatic carbocycles. The van der Waals surface area contributed by atoms with Crippen LogP contribution >= 0.6 is 0 Å². The molecule has 3 nitrogen and oxygen atoms in total. The van der Waals surface area contributed by atoms with Crippen LogP contribution in [0.1, 0.15) is 17.0 Å². The molecule has 0 aliphatic rings. The van der Waals surface area contributed by atoms with E-state index >= 15 is 0 Å². The number of ether oxygens (including phenoxy) is 1. The van der Waals surface area contributed by atoms with Gasteiger partial charge in [-0.1, -0.05) is 19.6 Å². The minimum absolute atomic E-state index is 0.588. The maximum atomic E-state index is 5.68. The Hall–Kier alpha value is -0.613. The van der Waals surface area contributed by atoms with E-state index in [-0.39, 0.29) is 0 Å². The predicted octanol–water partition coefficient (Wildman–Crippen LogP) is 3.12. The van der Waals surface area contributed by atoms with Gasteiger partial charge in [0.1, 0.15) is 6.73 Å². The first-order chi connectivity index (χ1) is 7.31. The minimum atomic E-state index is -0.969. The van der Waals surface area contributed by atoms with E-state index in [0.29, 0.717) is 6.73 Å².